The molecule has 10 heteroatoms. The zero-order chi connectivity index (χ0) is 23.9. The number of nitrogens with one attached hydrogen (secondary N) is 3. The van der Waals surface area contributed by atoms with Gasteiger partial charge in [-0.15, -0.1) is 0 Å². The summed E-state index contributed by atoms with van der Waals surface area (Å²) in [7, 11) is 1.53. The van der Waals surface area contributed by atoms with Crippen molar-refractivity contribution < 1.29 is 33.3 Å². The van der Waals surface area contributed by atoms with Gasteiger partial charge >= 0.3 is 0 Å². The van der Waals surface area contributed by atoms with Crippen LogP contribution >= 0.6 is 0 Å². The Morgan fingerprint density at radius 3 is 2.68 bits per heavy atom. The van der Waals surface area contributed by atoms with Crippen LogP contribution in [-0.4, -0.2) is 57.4 Å². The average Bonchev–Trinajstić information content (AvgIpc) is 3.32. The lowest BCUT2D eigenvalue weighted by Gasteiger charge is -2.20. The van der Waals surface area contributed by atoms with Crippen LogP contribution in [0.2, 0.25) is 0 Å². The fraction of sp³-hybridized carbons (Fsp3) is 0.375. The van der Waals surface area contributed by atoms with Gasteiger partial charge < -0.3 is 34.9 Å². The van der Waals surface area contributed by atoms with Crippen molar-refractivity contribution in [2.45, 2.75) is 25.3 Å². The number of rotatable bonds is 3. The molecule has 2 aliphatic rings. The van der Waals surface area contributed by atoms with E-state index in [-0.39, 0.29) is 37.7 Å². The summed E-state index contributed by atoms with van der Waals surface area (Å²) in [5, 5.41) is 8.48. The van der Waals surface area contributed by atoms with E-state index >= 15 is 0 Å². The van der Waals surface area contributed by atoms with Crippen molar-refractivity contribution >= 4 is 17.7 Å². The molecule has 3 N–H and O–H groups in total. The molecule has 0 saturated heterocycles. The molecule has 0 bridgehead atoms. The fourth-order valence-electron chi connectivity index (χ4n) is 3.71. The third kappa shape index (κ3) is 5.51. The maximum absolute atomic E-state index is 12.8. The Labute approximate surface area is 196 Å². The minimum Gasteiger partial charge on any atom is -0.497 e. The molecule has 0 aromatic heterocycles. The molecule has 0 saturated carbocycles. The number of carbonyl (C=O) groups excluding carboxylic acids is 3. The lowest BCUT2D eigenvalue weighted by molar-refractivity contribution is -0.123. The van der Waals surface area contributed by atoms with Gasteiger partial charge in [-0.1, -0.05) is 0 Å². The summed E-state index contributed by atoms with van der Waals surface area (Å²) in [5.41, 5.74) is 0.774. The van der Waals surface area contributed by atoms with Gasteiger partial charge in [0.25, 0.3) is 11.8 Å². The van der Waals surface area contributed by atoms with Crippen LogP contribution in [0.15, 0.2) is 36.4 Å². The van der Waals surface area contributed by atoms with Gasteiger partial charge in [-0.05, 0) is 49.6 Å². The lowest BCUT2D eigenvalue weighted by atomic mass is 10.1. The van der Waals surface area contributed by atoms with Gasteiger partial charge in [0, 0.05) is 18.2 Å². The Kier molecular flexibility index (Phi) is 7.36. The zero-order valence-electron chi connectivity index (χ0n) is 18.8. The molecule has 0 radical (unpaired) electrons. The van der Waals surface area contributed by atoms with E-state index in [1.54, 1.807) is 36.4 Å². The van der Waals surface area contributed by atoms with Gasteiger partial charge in [0.1, 0.15) is 24.1 Å². The van der Waals surface area contributed by atoms with Crippen molar-refractivity contribution in [3.05, 3.63) is 47.5 Å². The first-order valence-corrected chi connectivity index (χ1v) is 11.1. The molecule has 2 aromatic carbocycles. The van der Waals surface area contributed by atoms with E-state index in [9.17, 15) is 14.4 Å². The number of amides is 3. The van der Waals surface area contributed by atoms with E-state index in [4.69, 9.17) is 18.9 Å². The smallest absolute Gasteiger partial charge is 0.255 e. The molecular weight excluding hydrogens is 442 g/mol. The zero-order valence-corrected chi connectivity index (χ0v) is 18.8. The summed E-state index contributed by atoms with van der Waals surface area (Å²) < 4.78 is 21.6. The topological polar surface area (TPSA) is 124 Å². The number of fused-ring (bicyclic) bond motifs is 2. The van der Waals surface area contributed by atoms with Crippen molar-refractivity contribution in [1.29, 1.82) is 0 Å². The fourth-order valence-corrected chi connectivity index (χ4v) is 3.71. The number of methoxy groups -OCH3 is 1. The maximum Gasteiger partial charge on any atom is 0.255 e. The first kappa shape index (κ1) is 23.2. The number of hydrogen-bond acceptors (Lipinski definition) is 7. The standard InChI is InChI=1S/C24H27N3O7/c1-31-16-6-7-17-20(13-16)32-11-10-26-24(30)18(4-2-3-9-25-23(17)29)27-22(28)15-5-8-19-21(12-15)34-14-33-19/h5-8,12-13,18H,2-4,9-11,14H2,1H3,(H,25,29)(H,26,30)(H,27,28)/t18-/m0/s1. The van der Waals surface area contributed by atoms with Gasteiger partial charge in [0.2, 0.25) is 12.7 Å². The Bertz CT molecular complexity index is 1070. The summed E-state index contributed by atoms with van der Waals surface area (Å²) in [6, 6.07) is 9.13. The van der Waals surface area contributed by atoms with Crippen LogP contribution in [0.25, 0.3) is 0 Å². The normalized spacial score (nSPS) is 18.4. The SMILES string of the molecule is COc1ccc2c(c1)OCCNC(=O)[C@@H](NC(=O)c1ccc3c(c1)OCO3)CCCCNC2=O. The van der Waals surface area contributed by atoms with E-state index in [0.29, 0.717) is 59.9 Å². The minimum absolute atomic E-state index is 0.112. The van der Waals surface area contributed by atoms with Crippen LogP contribution in [0.1, 0.15) is 40.0 Å². The van der Waals surface area contributed by atoms with Gasteiger partial charge in [-0.2, -0.15) is 0 Å². The van der Waals surface area contributed by atoms with E-state index < -0.39 is 6.04 Å². The summed E-state index contributed by atoms with van der Waals surface area (Å²) >= 11 is 0. The summed E-state index contributed by atoms with van der Waals surface area (Å²) in [5.74, 6) is 1.07. The molecule has 3 amide bonds. The lowest BCUT2D eigenvalue weighted by Crippen LogP contribution is -2.47. The monoisotopic (exact) mass is 469 g/mol. The molecule has 4 rings (SSSR count). The number of hydrogen-bond donors (Lipinski definition) is 3. The molecule has 2 aromatic rings. The Morgan fingerprint density at radius 1 is 0.971 bits per heavy atom. The van der Waals surface area contributed by atoms with Crippen LogP contribution in [0.4, 0.5) is 0 Å². The largest absolute Gasteiger partial charge is 0.497 e. The maximum atomic E-state index is 12.8. The van der Waals surface area contributed by atoms with E-state index in [1.165, 1.54) is 7.11 Å². The quantitative estimate of drug-likeness (QED) is 0.624. The molecule has 34 heavy (non-hydrogen) atoms. The highest BCUT2D eigenvalue weighted by Crippen LogP contribution is 2.32. The third-order valence-electron chi connectivity index (χ3n) is 5.55. The molecule has 2 aliphatic heterocycles. The van der Waals surface area contributed by atoms with Crippen molar-refractivity contribution in [2.24, 2.45) is 0 Å². The van der Waals surface area contributed by atoms with Crippen molar-refractivity contribution in [3.63, 3.8) is 0 Å². The van der Waals surface area contributed by atoms with Gasteiger partial charge in [-0.3, -0.25) is 14.4 Å². The molecule has 0 spiro atoms. The number of benzene rings is 2. The second-order valence-corrected chi connectivity index (χ2v) is 7.85. The molecule has 1 atom stereocenters. The first-order valence-electron chi connectivity index (χ1n) is 11.1. The molecule has 10 nitrogen and oxygen atoms in total. The number of carbonyl (C=O) groups is 3. The average molecular weight is 469 g/mol. The third-order valence-corrected chi connectivity index (χ3v) is 5.55. The molecule has 0 unspecified atom stereocenters. The van der Waals surface area contributed by atoms with E-state index in [2.05, 4.69) is 16.0 Å². The van der Waals surface area contributed by atoms with Crippen LogP contribution in [0.3, 0.4) is 0 Å². The van der Waals surface area contributed by atoms with Gasteiger partial charge in [0.15, 0.2) is 11.5 Å². The van der Waals surface area contributed by atoms with Crippen molar-refractivity contribution in [1.82, 2.24) is 16.0 Å². The molecular formula is C24H27N3O7. The van der Waals surface area contributed by atoms with Crippen LogP contribution in [0.5, 0.6) is 23.0 Å². The van der Waals surface area contributed by atoms with Gasteiger partial charge in [0.05, 0.1) is 19.2 Å². The Balaban J connectivity index is 1.42. The van der Waals surface area contributed by atoms with E-state index in [0.717, 1.165) is 0 Å². The highest BCUT2D eigenvalue weighted by molar-refractivity contribution is 5.98. The summed E-state index contributed by atoms with van der Waals surface area (Å²) in [4.78, 5) is 38.2. The van der Waals surface area contributed by atoms with Crippen molar-refractivity contribution in [3.8, 4) is 23.0 Å². The van der Waals surface area contributed by atoms with Crippen LogP contribution < -0.4 is 34.9 Å². The second-order valence-electron chi connectivity index (χ2n) is 7.85. The number of ether oxygens (including phenoxy) is 4. The van der Waals surface area contributed by atoms with E-state index in [1.807, 2.05) is 0 Å². The molecule has 2 heterocycles. The molecule has 0 fully saturated rings. The Morgan fingerprint density at radius 2 is 1.82 bits per heavy atom. The first-order chi connectivity index (χ1) is 16.5. The van der Waals surface area contributed by atoms with Crippen LogP contribution in [-0.2, 0) is 4.79 Å². The predicted molar refractivity (Wildman–Crippen MR) is 122 cm³/mol. The van der Waals surface area contributed by atoms with Gasteiger partial charge in [-0.25, -0.2) is 0 Å². The highest BCUT2D eigenvalue weighted by atomic mass is 16.7. The Hall–Kier alpha value is -3.95. The highest BCUT2D eigenvalue weighted by Gasteiger charge is 2.23. The summed E-state index contributed by atoms with van der Waals surface area (Å²) in [6.07, 6.45) is 1.69. The molecule has 0 aliphatic carbocycles. The minimum atomic E-state index is -0.732. The second kappa shape index (κ2) is 10.8. The predicted octanol–water partition coefficient (Wildman–Crippen LogP) is 1.63. The molecule has 180 valence electrons. The van der Waals surface area contributed by atoms with Crippen LogP contribution in [0, 0.1) is 0 Å². The summed E-state index contributed by atoms with van der Waals surface area (Å²) in [6.45, 7) is 0.881. The van der Waals surface area contributed by atoms with Crippen molar-refractivity contribution in [2.75, 3.05) is 33.6 Å².